The molecule has 1 fully saturated rings. The molecule has 0 aromatic heterocycles. The van der Waals surface area contributed by atoms with Gasteiger partial charge in [-0.1, -0.05) is 12.1 Å². The number of halogens is 1. The van der Waals surface area contributed by atoms with Gasteiger partial charge in [0.15, 0.2) is 0 Å². The lowest BCUT2D eigenvalue weighted by molar-refractivity contribution is -0.250. The van der Waals surface area contributed by atoms with E-state index in [9.17, 15) is 9.60 Å². The Morgan fingerprint density at radius 3 is 2.50 bits per heavy atom. The first-order valence-electron chi connectivity index (χ1n) is 8.30. The van der Waals surface area contributed by atoms with E-state index in [0.29, 0.717) is 18.8 Å². The molecule has 0 unspecified atom stereocenters. The highest BCUT2D eigenvalue weighted by molar-refractivity contribution is 5.87. The smallest absolute Gasteiger partial charge is 0.123 e. The molecular formula is C19H26FN3O. The van der Waals surface area contributed by atoms with Gasteiger partial charge in [0, 0.05) is 17.5 Å². The summed E-state index contributed by atoms with van der Waals surface area (Å²) < 4.78 is 13.4. The van der Waals surface area contributed by atoms with Gasteiger partial charge in [-0.3, -0.25) is 0 Å². The molecule has 0 radical (unpaired) electrons. The summed E-state index contributed by atoms with van der Waals surface area (Å²) in [5.41, 5.74) is 0.956. The molecule has 1 saturated heterocycles. The molecule has 1 heterocycles. The van der Waals surface area contributed by atoms with Crippen LogP contribution in [0.1, 0.15) is 52.5 Å². The molecule has 1 aromatic rings. The van der Waals surface area contributed by atoms with Crippen molar-refractivity contribution in [1.29, 1.82) is 0 Å². The molecule has 4 nitrogen and oxygen atoms in total. The van der Waals surface area contributed by atoms with Crippen LogP contribution in [0.2, 0.25) is 0 Å². The first-order valence-corrected chi connectivity index (χ1v) is 8.30. The Hall–Kier alpha value is -1.77. The Morgan fingerprint density at radius 2 is 1.96 bits per heavy atom. The first kappa shape index (κ1) is 18.6. The maximum atomic E-state index is 13.4. The van der Waals surface area contributed by atoms with Crippen molar-refractivity contribution in [2.24, 2.45) is 11.0 Å². The van der Waals surface area contributed by atoms with Crippen molar-refractivity contribution in [2.45, 2.75) is 64.5 Å². The second-order valence-corrected chi connectivity index (χ2v) is 7.99. The van der Waals surface area contributed by atoms with Crippen LogP contribution in [-0.2, 0) is 6.42 Å². The van der Waals surface area contributed by atoms with Crippen LogP contribution in [0.4, 0.5) is 4.39 Å². The molecule has 130 valence electrons. The zero-order valence-corrected chi connectivity index (χ0v) is 14.9. The number of benzene rings is 1. The lowest BCUT2D eigenvalue weighted by Crippen LogP contribution is -2.59. The summed E-state index contributed by atoms with van der Waals surface area (Å²) in [5, 5.41) is 15.8. The zero-order valence-electron chi connectivity index (χ0n) is 14.9. The fraction of sp³-hybridized carbons (Fsp3) is 0.579. The normalized spacial score (nSPS) is 21.5. The monoisotopic (exact) mass is 331 g/mol. The third-order valence-electron chi connectivity index (χ3n) is 4.74. The highest BCUT2D eigenvalue weighted by Crippen LogP contribution is 2.41. The van der Waals surface area contributed by atoms with Gasteiger partial charge < -0.3 is 5.21 Å². The number of hydrogen-bond donors (Lipinski definition) is 1. The topological polar surface area (TPSA) is 40.2 Å². The summed E-state index contributed by atoms with van der Waals surface area (Å²) in [4.78, 5) is 3.19. The van der Waals surface area contributed by atoms with E-state index in [0.717, 1.165) is 24.1 Å². The van der Waals surface area contributed by atoms with Crippen LogP contribution in [0, 0.1) is 18.3 Å². The van der Waals surface area contributed by atoms with E-state index in [-0.39, 0.29) is 16.9 Å². The minimum atomic E-state index is -0.325. The van der Waals surface area contributed by atoms with E-state index in [2.05, 4.69) is 10.1 Å². The molecule has 0 spiro atoms. The van der Waals surface area contributed by atoms with Crippen LogP contribution >= 0.6 is 0 Å². The van der Waals surface area contributed by atoms with Gasteiger partial charge in [-0.25, -0.2) is 4.39 Å². The molecule has 5 heteroatoms. The summed E-state index contributed by atoms with van der Waals surface area (Å²) in [7, 11) is 0. The molecule has 1 aliphatic heterocycles. The summed E-state index contributed by atoms with van der Waals surface area (Å²) in [6, 6.07) is 6.43. The minimum absolute atomic E-state index is 0.273. The molecule has 0 atom stereocenters. The van der Waals surface area contributed by atoms with Crippen LogP contribution in [-0.4, -0.2) is 27.1 Å². The first-order chi connectivity index (χ1) is 11.1. The van der Waals surface area contributed by atoms with Gasteiger partial charge in [-0.15, -0.1) is 4.95 Å². The number of piperidine rings is 1. The summed E-state index contributed by atoms with van der Waals surface area (Å²) in [6.45, 7) is 15.2. The highest BCUT2D eigenvalue weighted by atomic mass is 19.1. The van der Waals surface area contributed by atoms with Gasteiger partial charge in [0.2, 0.25) is 0 Å². The van der Waals surface area contributed by atoms with E-state index in [1.807, 2.05) is 33.8 Å². The number of rotatable bonds is 4. The van der Waals surface area contributed by atoms with Gasteiger partial charge >= 0.3 is 0 Å². The van der Waals surface area contributed by atoms with Crippen molar-refractivity contribution in [2.75, 3.05) is 0 Å². The van der Waals surface area contributed by atoms with E-state index in [1.165, 1.54) is 17.2 Å². The largest absolute Gasteiger partial charge is 0.313 e. The fourth-order valence-corrected chi connectivity index (χ4v) is 4.06. The third kappa shape index (κ3) is 4.40. The van der Waals surface area contributed by atoms with Crippen molar-refractivity contribution in [3.8, 4) is 0 Å². The van der Waals surface area contributed by atoms with Crippen LogP contribution in [0.3, 0.4) is 0 Å². The van der Waals surface area contributed by atoms with Crippen molar-refractivity contribution in [3.63, 3.8) is 0 Å². The van der Waals surface area contributed by atoms with Crippen LogP contribution in [0.25, 0.3) is 4.95 Å². The van der Waals surface area contributed by atoms with Crippen molar-refractivity contribution in [1.82, 2.24) is 5.06 Å². The molecule has 0 bridgehead atoms. The van der Waals surface area contributed by atoms with Crippen molar-refractivity contribution in [3.05, 3.63) is 47.2 Å². The summed E-state index contributed by atoms with van der Waals surface area (Å²) >= 11 is 0. The number of nitrogens with zero attached hydrogens (tertiary/aromatic N) is 3. The fourth-order valence-electron chi connectivity index (χ4n) is 4.06. The average Bonchev–Trinajstić information content (AvgIpc) is 2.44. The molecule has 2 rings (SSSR count). The molecule has 24 heavy (non-hydrogen) atoms. The summed E-state index contributed by atoms with van der Waals surface area (Å²) in [5.74, 6) is 0.0537. The molecule has 0 aliphatic carbocycles. The molecular weight excluding hydrogens is 305 g/mol. The second kappa shape index (κ2) is 7.00. The number of hydroxylamine groups is 2. The Labute approximate surface area is 143 Å². The van der Waals surface area contributed by atoms with Crippen LogP contribution in [0.5, 0.6) is 0 Å². The van der Waals surface area contributed by atoms with E-state index in [4.69, 9.17) is 6.57 Å². The molecule has 0 amide bonds. The second-order valence-electron chi connectivity index (χ2n) is 7.99. The molecule has 1 aromatic carbocycles. The van der Waals surface area contributed by atoms with Gasteiger partial charge in [-0.2, -0.15) is 11.6 Å². The Morgan fingerprint density at radius 1 is 1.33 bits per heavy atom. The average molecular weight is 331 g/mol. The standard InChI is InChI=1S/C19H26FN3O/c1-18(2)12-15(13-19(3,4)23(18)24)11-17(22-21-5)10-14-7-6-8-16(20)9-14/h6-9,15,24H,10-13H2,1-4H3/b22-17+. The predicted octanol–water partition coefficient (Wildman–Crippen LogP) is 4.69. The SMILES string of the molecule is [C-]#[N+]/N=C(\Cc1cccc(F)c1)CC1CC(C)(C)N(O)C(C)(C)C1. The zero-order chi connectivity index (χ0) is 18.0. The Balaban J connectivity index is 2.14. The summed E-state index contributed by atoms with van der Waals surface area (Å²) in [6.07, 6.45) is 2.83. The maximum Gasteiger partial charge on any atom is 0.123 e. The highest BCUT2D eigenvalue weighted by Gasteiger charge is 2.45. The van der Waals surface area contributed by atoms with E-state index in [1.54, 1.807) is 6.07 Å². The van der Waals surface area contributed by atoms with Crippen LogP contribution < -0.4 is 0 Å². The Bertz CT molecular complexity index is 643. The van der Waals surface area contributed by atoms with Crippen molar-refractivity contribution >= 4 is 5.71 Å². The van der Waals surface area contributed by atoms with E-state index >= 15 is 0 Å². The number of hydrogen-bond acceptors (Lipinski definition) is 3. The Kier molecular flexibility index (Phi) is 5.42. The molecule has 0 saturated carbocycles. The van der Waals surface area contributed by atoms with Crippen LogP contribution in [0.15, 0.2) is 29.4 Å². The predicted molar refractivity (Wildman–Crippen MR) is 93.3 cm³/mol. The maximum absolute atomic E-state index is 13.4. The lowest BCUT2D eigenvalue weighted by atomic mass is 9.73. The van der Waals surface area contributed by atoms with Gasteiger partial charge in [0.05, 0.1) is 5.10 Å². The van der Waals surface area contributed by atoms with Crippen molar-refractivity contribution < 1.29 is 9.60 Å². The molecule has 1 N–H and O–H groups in total. The van der Waals surface area contributed by atoms with Gasteiger partial charge in [0.25, 0.3) is 0 Å². The third-order valence-corrected chi connectivity index (χ3v) is 4.74. The lowest BCUT2D eigenvalue weighted by Gasteiger charge is -2.51. The molecule has 1 aliphatic rings. The van der Waals surface area contributed by atoms with Gasteiger partial charge in [-0.05, 0) is 70.6 Å². The minimum Gasteiger partial charge on any atom is -0.313 e. The van der Waals surface area contributed by atoms with E-state index < -0.39 is 0 Å². The quantitative estimate of drug-likeness (QED) is 0.494. The van der Waals surface area contributed by atoms with Gasteiger partial charge in [0.1, 0.15) is 11.5 Å².